The maximum atomic E-state index is 11.8. The van der Waals surface area contributed by atoms with Crippen molar-refractivity contribution < 1.29 is 19.1 Å². The Labute approximate surface area is 107 Å². The largest absolute Gasteiger partial charge is 0.490 e. The lowest BCUT2D eigenvalue weighted by Crippen LogP contribution is -2.18. The van der Waals surface area contributed by atoms with Crippen LogP contribution in [0.4, 0.5) is 0 Å². The van der Waals surface area contributed by atoms with E-state index in [0.29, 0.717) is 5.75 Å². The van der Waals surface area contributed by atoms with E-state index in [2.05, 4.69) is 0 Å². The molecule has 0 bridgehead atoms. The number of carbonyl (C=O) groups is 2. The van der Waals surface area contributed by atoms with Crippen LogP contribution in [0.3, 0.4) is 0 Å². The molecule has 0 fully saturated rings. The molecule has 0 saturated carbocycles. The van der Waals surface area contributed by atoms with Gasteiger partial charge in [-0.25, -0.2) is 4.79 Å². The lowest BCUT2D eigenvalue weighted by Gasteiger charge is -2.13. The zero-order valence-corrected chi connectivity index (χ0v) is 11.1. The molecule has 1 rings (SSSR count). The Kier molecular flexibility index (Phi) is 4.89. The lowest BCUT2D eigenvalue weighted by molar-refractivity contribution is -0.141. The van der Waals surface area contributed by atoms with Crippen LogP contribution >= 0.6 is 0 Å². The molecule has 0 N–H and O–H groups in total. The minimum Gasteiger partial charge on any atom is -0.490 e. The Bertz CT molecular complexity index is 435. The van der Waals surface area contributed by atoms with Crippen LogP contribution in [0.15, 0.2) is 24.3 Å². The van der Waals surface area contributed by atoms with Crippen molar-refractivity contribution in [1.29, 1.82) is 0 Å². The van der Waals surface area contributed by atoms with Gasteiger partial charge in [0.15, 0.2) is 0 Å². The summed E-state index contributed by atoms with van der Waals surface area (Å²) >= 11 is 0. The van der Waals surface area contributed by atoms with Gasteiger partial charge in [-0.1, -0.05) is 26.0 Å². The Morgan fingerprint density at radius 2 is 1.67 bits per heavy atom. The van der Waals surface area contributed by atoms with Crippen LogP contribution in [0.2, 0.25) is 0 Å². The summed E-state index contributed by atoms with van der Waals surface area (Å²) < 4.78 is 10.3. The van der Waals surface area contributed by atoms with Gasteiger partial charge in [0.25, 0.3) is 0 Å². The van der Waals surface area contributed by atoms with Crippen molar-refractivity contribution in [1.82, 2.24) is 0 Å². The fourth-order valence-corrected chi connectivity index (χ4v) is 1.26. The van der Waals surface area contributed by atoms with E-state index in [0.717, 1.165) is 0 Å². The number of carbonyl (C=O) groups excluding carboxylic acids is 2. The molecule has 0 unspecified atom stereocenters. The summed E-state index contributed by atoms with van der Waals surface area (Å²) in [4.78, 5) is 23.2. The second kappa shape index (κ2) is 6.19. The highest BCUT2D eigenvalue weighted by molar-refractivity contribution is 5.99. The molecule has 0 saturated heterocycles. The number of hydrogen-bond acceptors (Lipinski definition) is 4. The quantitative estimate of drug-likeness (QED) is 0.609. The van der Waals surface area contributed by atoms with E-state index in [1.54, 1.807) is 38.1 Å². The first-order valence-corrected chi connectivity index (χ1v) is 5.93. The number of rotatable bonds is 4. The molecule has 0 aliphatic carbocycles. The first-order chi connectivity index (χ1) is 8.41. The smallest absolute Gasteiger partial charge is 0.349 e. The Hall–Kier alpha value is -1.84. The molecule has 0 radical (unpaired) electrons. The molecule has 0 heterocycles. The average Bonchev–Trinajstić information content (AvgIpc) is 2.28. The summed E-state index contributed by atoms with van der Waals surface area (Å²) in [6, 6.07) is 6.71. The van der Waals surface area contributed by atoms with Gasteiger partial charge in [0.1, 0.15) is 11.3 Å². The highest BCUT2D eigenvalue weighted by Gasteiger charge is 2.19. The summed E-state index contributed by atoms with van der Waals surface area (Å²) in [5.74, 6) is -1.13. The van der Waals surface area contributed by atoms with Gasteiger partial charge < -0.3 is 9.47 Å². The molecule has 4 heteroatoms. The van der Waals surface area contributed by atoms with Gasteiger partial charge in [0.2, 0.25) is 0 Å². The third-order valence-electron chi connectivity index (χ3n) is 2.13. The van der Waals surface area contributed by atoms with Crippen LogP contribution in [0.1, 0.15) is 38.1 Å². The molecule has 0 atom stereocenters. The van der Waals surface area contributed by atoms with E-state index < -0.39 is 11.9 Å². The molecule has 98 valence electrons. The third-order valence-corrected chi connectivity index (χ3v) is 2.13. The first-order valence-electron chi connectivity index (χ1n) is 5.93. The predicted octanol–water partition coefficient (Wildman–Crippen LogP) is 2.81. The van der Waals surface area contributed by atoms with Gasteiger partial charge in [-0.15, -0.1) is 0 Å². The molecule has 1 aromatic carbocycles. The van der Waals surface area contributed by atoms with Gasteiger partial charge in [-0.2, -0.15) is 0 Å². The van der Waals surface area contributed by atoms with E-state index in [-0.39, 0.29) is 17.6 Å². The molecule has 0 aliphatic heterocycles. The fraction of sp³-hybridized carbons (Fsp3) is 0.429. The Balaban J connectivity index is 2.88. The summed E-state index contributed by atoms with van der Waals surface area (Å²) in [6.45, 7) is 7.07. The highest BCUT2D eigenvalue weighted by Crippen LogP contribution is 2.20. The minimum absolute atomic E-state index is 0.0558. The van der Waals surface area contributed by atoms with Crippen molar-refractivity contribution in [2.75, 3.05) is 0 Å². The summed E-state index contributed by atoms with van der Waals surface area (Å²) in [6.07, 6.45) is -0.0558. The van der Waals surface area contributed by atoms with Crippen LogP contribution < -0.4 is 4.74 Å². The highest BCUT2D eigenvalue weighted by atomic mass is 16.6. The van der Waals surface area contributed by atoms with Crippen molar-refractivity contribution in [2.45, 2.75) is 33.8 Å². The predicted molar refractivity (Wildman–Crippen MR) is 67.5 cm³/mol. The van der Waals surface area contributed by atoms with Crippen molar-refractivity contribution in [3.63, 3.8) is 0 Å². The van der Waals surface area contributed by atoms with E-state index in [1.165, 1.54) is 0 Å². The first kappa shape index (κ1) is 14.2. The zero-order chi connectivity index (χ0) is 13.7. The molecule has 4 nitrogen and oxygen atoms in total. The Morgan fingerprint density at radius 1 is 1.06 bits per heavy atom. The summed E-state index contributed by atoms with van der Waals surface area (Å²) in [5.41, 5.74) is 0.264. The number of esters is 2. The minimum atomic E-state index is -0.676. The van der Waals surface area contributed by atoms with Gasteiger partial charge in [-0.05, 0) is 26.0 Å². The molecule has 1 aromatic rings. The standard InChI is InChI=1S/C14H18O4/c1-9(2)13(15)18-14(16)11-7-5-6-8-12(11)17-10(3)4/h5-10H,1-4H3. The molecule has 0 spiro atoms. The maximum absolute atomic E-state index is 11.8. The van der Waals surface area contributed by atoms with Gasteiger partial charge in [-0.3, -0.25) is 4.79 Å². The SMILES string of the molecule is CC(C)Oc1ccccc1C(=O)OC(=O)C(C)C. The second-order valence-electron chi connectivity index (χ2n) is 4.53. The zero-order valence-electron chi connectivity index (χ0n) is 11.1. The van der Waals surface area contributed by atoms with Gasteiger partial charge in [0, 0.05) is 0 Å². The van der Waals surface area contributed by atoms with E-state index in [1.807, 2.05) is 13.8 Å². The Morgan fingerprint density at radius 3 is 2.22 bits per heavy atom. The van der Waals surface area contributed by atoms with Crippen molar-refractivity contribution in [3.8, 4) is 5.75 Å². The average molecular weight is 250 g/mol. The van der Waals surface area contributed by atoms with E-state index in [9.17, 15) is 9.59 Å². The van der Waals surface area contributed by atoms with Crippen molar-refractivity contribution >= 4 is 11.9 Å². The van der Waals surface area contributed by atoms with Crippen LogP contribution in [0, 0.1) is 5.92 Å². The fourth-order valence-electron chi connectivity index (χ4n) is 1.26. The summed E-state index contributed by atoms with van der Waals surface area (Å²) in [7, 11) is 0. The van der Waals surface area contributed by atoms with Crippen molar-refractivity contribution in [2.24, 2.45) is 5.92 Å². The number of hydrogen-bond donors (Lipinski definition) is 0. The number of ether oxygens (including phenoxy) is 2. The van der Waals surface area contributed by atoms with E-state index in [4.69, 9.17) is 9.47 Å². The molecule has 18 heavy (non-hydrogen) atoms. The topological polar surface area (TPSA) is 52.6 Å². The maximum Gasteiger partial charge on any atom is 0.349 e. The monoisotopic (exact) mass is 250 g/mol. The van der Waals surface area contributed by atoms with Crippen LogP contribution in [0.5, 0.6) is 5.75 Å². The summed E-state index contributed by atoms with van der Waals surface area (Å²) in [5, 5.41) is 0. The number of benzene rings is 1. The normalized spacial score (nSPS) is 10.6. The molecule has 0 aromatic heterocycles. The van der Waals surface area contributed by atoms with Crippen LogP contribution in [-0.2, 0) is 9.53 Å². The third kappa shape index (κ3) is 3.87. The molecule has 0 aliphatic rings. The molecular weight excluding hydrogens is 232 g/mol. The van der Waals surface area contributed by atoms with Gasteiger partial charge in [0.05, 0.1) is 12.0 Å². The van der Waals surface area contributed by atoms with Crippen LogP contribution in [0.25, 0.3) is 0 Å². The molecular formula is C14H18O4. The lowest BCUT2D eigenvalue weighted by atomic mass is 10.2. The van der Waals surface area contributed by atoms with Gasteiger partial charge >= 0.3 is 11.9 Å². The number of para-hydroxylation sites is 1. The molecule has 0 amide bonds. The second-order valence-corrected chi connectivity index (χ2v) is 4.53. The van der Waals surface area contributed by atoms with Crippen LogP contribution in [-0.4, -0.2) is 18.0 Å². The van der Waals surface area contributed by atoms with E-state index >= 15 is 0 Å². The van der Waals surface area contributed by atoms with Crippen molar-refractivity contribution in [3.05, 3.63) is 29.8 Å².